The van der Waals surface area contributed by atoms with Crippen molar-refractivity contribution < 1.29 is 10.2 Å². The van der Waals surface area contributed by atoms with Crippen molar-refractivity contribution in [3.05, 3.63) is 60.2 Å². The Morgan fingerprint density at radius 2 is 1.42 bits per heavy atom. The highest BCUT2D eigenvalue weighted by atomic mass is 16.3. The molecule has 3 aromatic rings. The summed E-state index contributed by atoms with van der Waals surface area (Å²) in [6.07, 6.45) is 1.46. The van der Waals surface area contributed by atoms with Crippen molar-refractivity contribution in [3.8, 4) is 22.3 Å². The van der Waals surface area contributed by atoms with Gasteiger partial charge in [0.1, 0.15) is 0 Å². The summed E-state index contributed by atoms with van der Waals surface area (Å²) in [5.74, 6) is 0. The van der Waals surface area contributed by atoms with Gasteiger partial charge in [0.25, 0.3) is 0 Å². The first-order valence-electron chi connectivity index (χ1n) is 9.48. The van der Waals surface area contributed by atoms with Crippen LogP contribution in [0.2, 0.25) is 0 Å². The van der Waals surface area contributed by atoms with Crippen LogP contribution >= 0.6 is 0 Å². The molecule has 0 radical (unpaired) electrons. The molecular formula is C23H23NO2. The van der Waals surface area contributed by atoms with Gasteiger partial charge in [0.15, 0.2) is 0 Å². The Morgan fingerprint density at radius 1 is 0.769 bits per heavy atom. The highest BCUT2D eigenvalue weighted by Gasteiger charge is 2.30. The average Bonchev–Trinajstić information content (AvgIpc) is 2.99. The third-order valence-corrected chi connectivity index (χ3v) is 6.00. The topological polar surface area (TPSA) is 52.5 Å². The number of aliphatic hydroxyl groups is 2. The van der Waals surface area contributed by atoms with Crippen molar-refractivity contribution >= 4 is 10.8 Å². The fraction of sp³-hybridized carbons (Fsp3) is 0.304. The third-order valence-electron chi connectivity index (χ3n) is 6.00. The standard InChI is InChI=1S/C23H23NO2/c25-20-9-4-10-21(26)23(20)24-13-14-11-12-19-17-6-2-1-5-16(17)18-8-3-7-15(14)22(18)19/h1-3,5-8,11-12,20-21,23-26H,4,9-10,13H2/t20-,21+,23?. The van der Waals surface area contributed by atoms with E-state index in [4.69, 9.17) is 0 Å². The minimum Gasteiger partial charge on any atom is -0.391 e. The van der Waals surface area contributed by atoms with Gasteiger partial charge in [0.05, 0.1) is 18.2 Å². The van der Waals surface area contributed by atoms with Crippen LogP contribution in [0.1, 0.15) is 24.8 Å². The summed E-state index contributed by atoms with van der Waals surface area (Å²) < 4.78 is 0. The maximum absolute atomic E-state index is 10.2. The molecule has 2 aliphatic carbocycles. The molecule has 1 saturated carbocycles. The summed E-state index contributed by atoms with van der Waals surface area (Å²) in [4.78, 5) is 0. The number of hydrogen-bond acceptors (Lipinski definition) is 3. The molecule has 3 heteroatoms. The van der Waals surface area contributed by atoms with E-state index in [1.165, 1.54) is 38.6 Å². The van der Waals surface area contributed by atoms with E-state index < -0.39 is 12.2 Å². The lowest BCUT2D eigenvalue weighted by molar-refractivity contribution is 0.000913. The van der Waals surface area contributed by atoms with E-state index in [0.717, 1.165) is 19.3 Å². The molecule has 2 aliphatic rings. The van der Waals surface area contributed by atoms with E-state index in [1.807, 2.05) is 0 Å². The van der Waals surface area contributed by atoms with Gasteiger partial charge >= 0.3 is 0 Å². The number of fused-ring (bicyclic) bond motifs is 3. The molecular weight excluding hydrogens is 322 g/mol. The second-order valence-corrected chi connectivity index (χ2v) is 7.52. The maximum Gasteiger partial charge on any atom is 0.0718 e. The van der Waals surface area contributed by atoms with Gasteiger partial charge in [-0.05, 0) is 57.9 Å². The summed E-state index contributed by atoms with van der Waals surface area (Å²) in [5.41, 5.74) is 6.41. The first kappa shape index (κ1) is 16.0. The van der Waals surface area contributed by atoms with Gasteiger partial charge in [0, 0.05) is 6.54 Å². The molecule has 3 nitrogen and oxygen atoms in total. The number of rotatable bonds is 3. The minimum absolute atomic E-state index is 0.246. The molecule has 0 aliphatic heterocycles. The summed E-state index contributed by atoms with van der Waals surface area (Å²) in [6, 6.07) is 19.2. The fourth-order valence-electron chi connectivity index (χ4n) is 4.67. The minimum atomic E-state index is -0.472. The first-order chi connectivity index (χ1) is 12.7. The van der Waals surface area contributed by atoms with Gasteiger partial charge in [-0.25, -0.2) is 0 Å². The number of benzene rings is 3. The van der Waals surface area contributed by atoms with E-state index in [9.17, 15) is 10.2 Å². The van der Waals surface area contributed by atoms with Crippen LogP contribution in [-0.2, 0) is 6.54 Å². The molecule has 26 heavy (non-hydrogen) atoms. The SMILES string of the molecule is O[C@@H]1CCC[C@H](O)C1NCc1ccc2c3c(cccc13)-c1ccccc1-2. The van der Waals surface area contributed by atoms with E-state index in [0.29, 0.717) is 6.54 Å². The van der Waals surface area contributed by atoms with Crippen LogP contribution in [0.15, 0.2) is 54.6 Å². The summed E-state index contributed by atoms with van der Waals surface area (Å²) in [5, 5.41) is 26.4. The van der Waals surface area contributed by atoms with Crippen LogP contribution < -0.4 is 5.32 Å². The predicted molar refractivity (Wildman–Crippen MR) is 105 cm³/mol. The smallest absolute Gasteiger partial charge is 0.0718 e. The zero-order valence-electron chi connectivity index (χ0n) is 14.7. The van der Waals surface area contributed by atoms with Gasteiger partial charge in [-0.2, -0.15) is 0 Å². The Bertz CT molecular complexity index is 942. The number of aliphatic hydroxyl groups excluding tert-OH is 2. The third kappa shape index (κ3) is 2.39. The lowest BCUT2D eigenvalue weighted by atomic mass is 9.89. The molecule has 0 amide bonds. The fourth-order valence-corrected chi connectivity index (χ4v) is 4.67. The van der Waals surface area contributed by atoms with Crippen LogP contribution in [0.5, 0.6) is 0 Å². The summed E-state index contributed by atoms with van der Waals surface area (Å²) >= 11 is 0. The second-order valence-electron chi connectivity index (χ2n) is 7.52. The van der Waals surface area contributed by atoms with Crippen molar-refractivity contribution in [2.45, 2.75) is 44.1 Å². The van der Waals surface area contributed by atoms with Gasteiger partial charge in [-0.15, -0.1) is 0 Å². The Hall–Kier alpha value is -2.20. The Morgan fingerprint density at radius 3 is 2.15 bits per heavy atom. The molecule has 5 rings (SSSR count). The highest BCUT2D eigenvalue weighted by Crippen LogP contribution is 2.47. The number of hydrogen-bond donors (Lipinski definition) is 3. The second kappa shape index (κ2) is 6.20. The predicted octanol–water partition coefficient (Wildman–Crippen LogP) is 3.85. The van der Waals surface area contributed by atoms with Crippen LogP contribution in [0, 0.1) is 0 Å². The van der Waals surface area contributed by atoms with Gasteiger partial charge in [-0.3, -0.25) is 0 Å². The zero-order valence-corrected chi connectivity index (χ0v) is 14.7. The Balaban J connectivity index is 1.52. The molecule has 3 atom stereocenters. The first-order valence-corrected chi connectivity index (χ1v) is 9.48. The molecule has 0 spiro atoms. The van der Waals surface area contributed by atoms with Gasteiger partial charge < -0.3 is 15.5 Å². The van der Waals surface area contributed by atoms with Crippen molar-refractivity contribution in [2.75, 3.05) is 0 Å². The van der Waals surface area contributed by atoms with Crippen molar-refractivity contribution in [2.24, 2.45) is 0 Å². The van der Waals surface area contributed by atoms with Crippen LogP contribution in [-0.4, -0.2) is 28.5 Å². The maximum atomic E-state index is 10.2. The van der Waals surface area contributed by atoms with Crippen LogP contribution in [0.25, 0.3) is 33.0 Å². The molecule has 3 N–H and O–H groups in total. The quantitative estimate of drug-likeness (QED) is 0.529. The highest BCUT2D eigenvalue weighted by molar-refractivity contribution is 6.15. The Labute approximate surface area is 153 Å². The molecule has 1 fully saturated rings. The molecule has 0 saturated heterocycles. The lowest BCUT2D eigenvalue weighted by Gasteiger charge is -2.33. The molecule has 0 bridgehead atoms. The van der Waals surface area contributed by atoms with Crippen molar-refractivity contribution in [3.63, 3.8) is 0 Å². The Kier molecular flexibility index (Phi) is 3.82. The van der Waals surface area contributed by atoms with Crippen LogP contribution in [0.4, 0.5) is 0 Å². The number of nitrogens with one attached hydrogen (secondary N) is 1. The molecule has 0 aromatic heterocycles. The molecule has 0 heterocycles. The lowest BCUT2D eigenvalue weighted by Crippen LogP contribution is -2.50. The molecule has 3 aromatic carbocycles. The molecule has 132 valence electrons. The summed E-state index contributed by atoms with van der Waals surface area (Å²) in [7, 11) is 0. The van der Waals surface area contributed by atoms with Gasteiger partial charge in [0.2, 0.25) is 0 Å². The van der Waals surface area contributed by atoms with E-state index in [-0.39, 0.29) is 6.04 Å². The van der Waals surface area contributed by atoms with Crippen molar-refractivity contribution in [1.29, 1.82) is 0 Å². The summed E-state index contributed by atoms with van der Waals surface area (Å²) in [6.45, 7) is 0.648. The van der Waals surface area contributed by atoms with E-state index in [1.54, 1.807) is 0 Å². The van der Waals surface area contributed by atoms with Gasteiger partial charge in [-0.1, -0.05) is 54.6 Å². The molecule has 1 unspecified atom stereocenters. The largest absolute Gasteiger partial charge is 0.391 e. The van der Waals surface area contributed by atoms with E-state index in [2.05, 4.69) is 59.9 Å². The van der Waals surface area contributed by atoms with E-state index >= 15 is 0 Å². The zero-order chi connectivity index (χ0) is 17.7. The normalized spacial score (nSPS) is 24.0. The van der Waals surface area contributed by atoms with Crippen LogP contribution in [0.3, 0.4) is 0 Å². The monoisotopic (exact) mass is 345 g/mol. The van der Waals surface area contributed by atoms with Crippen molar-refractivity contribution in [1.82, 2.24) is 5.32 Å². The average molecular weight is 345 g/mol.